The molecule has 0 N–H and O–H groups in total. The van der Waals surface area contributed by atoms with E-state index in [-0.39, 0.29) is 5.41 Å². The van der Waals surface area contributed by atoms with Crippen LogP contribution in [0.5, 0.6) is 0 Å². The quantitative estimate of drug-likeness (QED) is 0.138. The maximum Gasteiger partial charge on any atom is 0.0701 e. The van der Waals surface area contributed by atoms with E-state index in [4.69, 9.17) is 0 Å². The van der Waals surface area contributed by atoms with Crippen LogP contribution in [-0.4, -0.2) is 0 Å². The fourth-order valence-corrected chi connectivity index (χ4v) is 12.0. The average molecular weight is 836 g/mol. The minimum atomic E-state index is -0.556. The van der Waals surface area contributed by atoms with Gasteiger partial charge in [-0.15, -0.1) is 11.3 Å². The molecule has 12 rings (SSSR count). The lowest BCUT2D eigenvalue weighted by atomic mass is 9.65. The summed E-state index contributed by atoms with van der Waals surface area (Å²) in [5, 5.41) is 5.05. The molecule has 0 fully saturated rings. The Balaban J connectivity index is 1.14. The first-order valence-electron chi connectivity index (χ1n) is 22.3. The summed E-state index contributed by atoms with van der Waals surface area (Å²) in [6.07, 6.45) is 0. The summed E-state index contributed by atoms with van der Waals surface area (Å²) in [5.41, 5.74) is 15.4. The van der Waals surface area contributed by atoms with Gasteiger partial charge in [-0.2, -0.15) is 0 Å². The van der Waals surface area contributed by atoms with Crippen LogP contribution in [0.4, 0.5) is 17.1 Å². The van der Waals surface area contributed by atoms with Crippen molar-refractivity contribution >= 4 is 59.3 Å². The molecule has 1 aromatic heterocycles. The molecule has 304 valence electrons. The molecule has 0 amide bonds. The first kappa shape index (κ1) is 38.2. The Labute approximate surface area is 379 Å². The van der Waals surface area contributed by atoms with Gasteiger partial charge in [0, 0.05) is 42.5 Å². The normalized spacial score (nSPS) is 13.0. The molecule has 0 unspecified atom stereocenters. The summed E-state index contributed by atoms with van der Waals surface area (Å²) in [7, 11) is 0. The van der Waals surface area contributed by atoms with Crippen molar-refractivity contribution in [2.24, 2.45) is 0 Å². The minimum Gasteiger partial charge on any atom is -0.310 e. The lowest BCUT2D eigenvalue weighted by Crippen LogP contribution is -2.31. The van der Waals surface area contributed by atoms with E-state index in [1.165, 1.54) is 86.6 Å². The molecule has 11 aromatic rings. The minimum absolute atomic E-state index is 0.101. The zero-order valence-electron chi connectivity index (χ0n) is 35.9. The van der Waals surface area contributed by atoms with Crippen molar-refractivity contribution in [2.45, 2.75) is 24.7 Å². The van der Waals surface area contributed by atoms with E-state index in [0.29, 0.717) is 0 Å². The second-order valence-corrected chi connectivity index (χ2v) is 18.7. The van der Waals surface area contributed by atoms with E-state index in [1.54, 1.807) is 0 Å². The van der Waals surface area contributed by atoms with E-state index in [0.717, 1.165) is 17.1 Å². The van der Waals surface area contributed by atoms with E-state index in [2.05, 4.69) is 255 Å². The Morgan fingerprint density at radius 3 is 1.62 bits per heavy atom. The Hall–Kier alpha value is -7.52. The summed E-state index contributed by atoms with van der Waals surface area (Å²) in [6.45, 7) is 4.72. The highest BCUT2D eigenvalue weighted by molar-refractivity contribution is 7.25. The molecule has 1 heterocycles. The van der Waals surface area contributed by atoms with Crippen molar-refractivity contribution in [1.82, 2.24) is 0 Å². The van der Waals surface area contributed by atoms with Gasteiger partial charge in [0.2, 0.25) is 0 Å². The largest absolute Gasteiger partial charge is 0.310 e. The Bertz CT molecular complexity index is 3410. The fraction of sp³-hybridized carbons (Fsp3) is 0.0645. The maximum absolute atomic E-state index is 2.52. The fourth-order valence-electron chi connectivity index (χ4n) is 10.9. The maximum atomic E-state index is 2.52. The second-order valence-electron chi connectivity index (χ2n) is 17.6. The molecule has 0 radical (unpaired) electrons. The molecule has 64 heavy (non-hydrogen) atoms. The van der Waals surface area contributed by atoms with Crippen LogP contribution in [0, 0.1) is 0 Å². The number of thiophene rings is 1. The van der Waals surface area contributed by atoms with E-state index >= 15 is 0 Å². The molecule has 0 saturated carbocycles. The first-order valence-corrected chi connectivity index (χ1v) is 23.1. The van der Waals surface area contributed by atoms with Crippen LogP contribution in [0.1, 0.15) is 47.2 Å². The van der Waals surface area contributed by atoms with E-state index in [9.17, 15) is 0 Å². The van der Waals surface area contributed by atoms with Crippen LogP contribution >= 0.6 is 11.3 Å². The van der Waals surface area contributed by atoms with Gasteiger partial charge in [0.15, 0.2) is 0 Å². The Morgan fingerprint density at radius 1 is 0.391 bits per heavy atom. The van der Waals surface area contributed by atoms with Gasteiger partial charge in [-0.1, -0.05) is 208 Å². The van der Waals surface area contributed by atoms with Gasteiger partial charge in [0.05, 0.1) is 11.1 Å². The van der Waals surface area contributed by atoms with Gasteiger partial charge < -0.3 is 4.90 Å². The van der Waals surface area contributed by atoms with Crippen LogP contribution in [0.2, 0.25) is 0 Å². The summed E-state index contributed by atoms with van der Waals surface area (Å²) < 4.78 is 2.60. The van der Waals surface area contributed by atoms with Crippen molar-refractivity contribution in [3.8, 4) is 22.3 Å². The second kappa shape index (κ2) is 15.1. The van der Waals surface area contributed by atoms with Gasteiger partial charge in [-0.25, -0.2) is 0 Å². The third-order valence-electron chi connectivity index (χ3n) is 13.8. The number of hydrogen-bond donors (Lipinski definition) is 0. The van der Waals surface area contributed by atoms with Crippen molar-refractivity contribution in [3.63, 3.8) is 0 Å². The summed E-state index contributed by atoms with van der Waals surface area (Å²) in [6, 6.07) is 87.8. The van der Waals surface area contributed by atoms with Crippen molar-refractivity contribution in [2.75, 3.05) is 4.90 Å². The molecule has 0 aliphatic heterocycles. The van der Waals surface area contributed by atoms with Crippen LogP contribution in [0.25, 0.3) is 53.2 Å². The highest BCUT2D eigenvalue weighted by atomic mass is 32.1. The van der Waals surface area contributed by atoms with Crippen molar-refractivity contribution in [3.05, 3.63) is 270 Å². The SMILES string of the molecule is CC1(C)c2ccccc2-c2cc(N(c3ccc(C(c4ccccc4)(c4ccccc4)c4ccccc4)cc3)c3ccc4ccccc4c3-c3cccc4sc5ccccc5c34)ccc21. The summed E-state index contributed by atoms with van der Waals surface area (Å²) in [5.74, 6) is 0. The molecule has 2 heteroatoms. The molecule has 1 nitrogen and oxygen atoms in total. The molecule has 0 atom stereocenters. The molecule has 0 saturated heterocycles. The average Bonchev–Trinajstić information content (AvgIpc) is 3.85. The zero-order valence-corrected chi connectivity index (χ0v) is 36.7. The van der Waals surface area contributed by atoms with Gasteiger partial charge in [-0.05, 0) is 103 Å². The molecule has 10 aromatic carbocycles. The molecule has 1 aliphatic rings. The van der Waals surface area contributed by atoms with Gasteiger partial charge in [0.25, 0.3) is 0 Å². The van der Waals surface area contributed by atoms with Crippen LogP contribution in [0.15, 0.2) is 237 Å². The number of hydrogen-bond acceptors (Lipinski definition) is 2. The summed E-state index contributed by atoms with van der Waals surface area (Å²) >= 11 is 1.87. The van der Waals surface area contributed by atoms with Crippen LogP contribution < -0.4 is 4.90 Å². The lowest BCUT2D eigenvalue weighted by Gasteiger charge is -2.37. The number of rotatable bonds is 8. The smallest absolute Gasteiger partial charge is 0.0701 e. The lowest BCUT2D eigenvalue weighted by molar-refractivity contribution is 0.660. The molecule has 0 spiro atoms. The predicted octanol–water partition coefficient (Wildman–Crippen LogP) is 17.0. The van der Waals surface area contributed by atoms with Crippen molar-refractivity contribution in [1.29, 1.82) is 0 Å². The topological polar surface area (TPSA) is 3.24 Å². The number of anilines is 3. The number of fused-ring (bicyclic) bond motifs is 7. The molecule has 1 aliphatic carbocycles. The Morgan fingerprint density at radius 2 is 0.922 bits per heavy atom. The highest BCUT2D eigenvalue weighted by Gasteiger charge is 2.39. The Kier molecular flexibility index (Phi) is 9.00. The third-order valence-corrected chi connectivity index (χ3v) is 15.0. The van der Waals surface area contributed by atoms with E-state index in [1.807, 2.05) is 11.3 Å². The molecular weight excluding hydrogens is 791 g/mol. The van der Waals surface area contributed by atoms with Gasteiger partial charge >= 0.3 is 0 Å². The van der Waals surface area contributed by atoms with Crippen molar-refractivity contribution < 1.29 is 0 Å². The van der Waals surface area contributed by atoms with E-state index < -0.39 is 5.41 Å². The zero-order chi connectivity index (χ0) is 42.8. The first-order chi connectivity index (χ1) is 31.5. The number of benzene rings is 10. The third kappa shape index (κ3) is 5.83. The van der Waals surface area contributed by atoms with Gasteiger partial charge in [0.1, 0.15) is 0 Å². The standard InChI is InChI=1S/C62H45NS/c1-61(2)54-30-16-14-27-50(54)53-41-48(38-39-55(53)61)63(56-40-33-42-19-12-13-26-49(42)59(56)52-29-18-32-58-60(52)51-28-15-17-31-57(51)64-58)47-36-34-46(35-37-47)62(43-20-6-3-7-21-43,44-22-8-4-9-23-44)45-24-10-5-11-25-45/h3-41H,1-2H3. The van der Waals surface area contributed by atoms with Gasteiger partial charge in [-0.3, -0.25) is 0 Å². The molecule has 0 bridgehead atoms. The van der Waals surface area contributed by atoms with Crippen LogP contribution in [-0.2, 0) is 10.8 Å². The summed E-state index contributed by atoms with van der Waals surface area (Å²) in [4.78, 5) is 2.52. The predicted molar refractivity (Wildman–Crippen MR) is 273 cm³/mol. The number of nitrogens with zero attached hydrogens (tertiary/aromatic N) is 1. The molecular formula is C62H45NS. The monoisotopic (exact) mass is 835 g/mol. The van der Waals surface area contributed by atoms with Crippen LogP contribution in [0.3, 0.4) is 0 Å². The highest BCUT2D eigenvalue weighted by Crippen LogP contribution is 2.53.